The number of benzene rings is 3. The first kappa shape index (κ1) is 34.0. The van der Waals surface area contributed by atoms with Gasteiger partial charge in [0.2, 0.25) is 5.91 Å². The molecule has 3 N–H and O–H groups in total. The number of hydrogen-bond acceptors (Lipinski definition) is 7. The molecule has 0 saturated heterocycles. The fourth-order valence-corrected chi connectivity index (χ4v) is 7.68. The summed E-state index contributed by atoms with van der Waals surface area (Å²) in [7, 11) is 1.35. The molecule has 0 fully saturated rings. The van der Waals surface area contributed by atoms with Crippen molar-refractivity contribution in [2.75, 3.05) is 17.7 Å². The highest BCUT2D eigenvalue weighted by molar-refractivity contribution is 8.00. The standard InChI is InChI=1S/C36H34ClN3O5S2/c1-21-16-17-27-30(18-21)47-35(31(27)36(44)45-3)40-32(41)22(2)46-26-14-9-13-25(20-26)38-34(43)29(19-24-12-7-8-15-28(24)37)39-33(42)23-10-5-4-6-11-23/h4-15,19-22H,16-18H2,1-3H3,(H,38,43)(H,39,42)(H,40,41)/b29-19+. The Morgan fingerprint density at radius 2 is 1.74 bits per heavy atom. The molecule has 1 aliphatic carbocycles. The maximum atomic E-state index is 13.5. The third-order valence-electron chi connectivity index (χ3n) is 7.65. The molecule has 8 nitrogen and oxygen atoms in total. The Balaban J connectivity index is 1.30. The van der Waals surface area contributed by atoms with Crippen LogP contribution in [0, 0.1) is 5.92 Å². The highest BCUT2D eigenvalue weighted by Crippen LogP contribution is 2.40. The van der Waals surface area contributed by atoms with Crippen LogP contribution in [0.15, 0.2) is 89.5 Å². The fourth-order valence-electron chi connectivity index (χ4n) is 5.16. The van der Waals surface area contributed by atoms with E-state index in [0.717, 1.165) is 34.6 Å². The average molecular weight is 688 g/mol. The molecule has 1 aliphatic rings. The van der Waals surface area contributed by atoms with Gasteiger partial charge in [-0.1, -0.05) is 61.0 Å². The van der Waals surface area contributed by atoms with Crippen LogP contribution in [0.1, 0.15) is 57.0 Å². The van der Waals surface area contributed by atoms with E-state index in [1.807, 2.05) is 6.07 Å². The zero-order chi connectivity index (χ0) is 33.5. The fraction of sp³-hybridized carbons (Fsp3) is 0.222. The molecule has 4 aromatic rings. The van der Waals surface area contributed by atoms with Crippen molar-refractivity contribution in [1.29, 1.82) is 0 Å². The largest absolute Gasteiger partial charge is 0.465 e. The molecule has 2 atom stereocenters. The Hall–Kier alpha value is -4.38. The molecule has 2 unspecified atom stereocenters. The molecule has 1 aromatic heterocycles. The molecule has 0 aliphatic heterocycles. The minimum Gasteiger partial charge on any atom is -0.465 e. The van der Waals surface area contributed by atoms with E-state index >= 15 is 0 Å². The normalized spacial score (nSPS) is 14.8. The first-order chi connectivity index (χ1) is 22.6. The molecule has 3 amide bonds. The second-order valence-corrected chi connectivity index (χ2v) is 14.1. The number of ether oxygens (including phenoxy) is 1. The molecule has 0 radical (unpaired) electrons. The van der Waals surface area contributed by atoms with Crippen molar-refractivity contribution in [2.24, 2.45) is 5.92 Å². The molecule has 0 saturated carbocycles. The van der Waals surface area contributed by atoms with Crippen molar-refractivity contribution in [1.82, 2.24) is 5.32 Å². The van der Waals surface area contributed by atoms with Gasteiger partial charge in [0.1, 0.15) is 10.7 Å². The first-order valence-corrected chi connectivity index (χ1v) is 17.1. The van der Waals surface area contributed by atoms with Gasteiger partial charge in [-0.25, -0.2) is 4.79 Å². The molecule has 5 rings (SSSR count). The number of nitrogens with one attached hydrogen (secondary N) is 3. The number of halogens is 1. The maximum Gasteiger partial charge on any atom is 0.341 e. The van der Waals surface area contributed by atoms with Gasteiger partial charge in [0.05, 0.1) is 17.9 Å². The predicted molar refractivity (Wildman–Crippen MR) is 189 cm³/mol. The number of methoxy groups -OCH3 is 1. The molecule has 11 heteroatoms. The van der Waals surface area contributed by atoms with Crippen LogP contribution in [0.2, 0.25) is 5.02 Å². The number of esters is 1. The van der Waals surface area contributed by atoms with E-state index in [2.05, 4.69) is 22.9 Å². The van der Waals surface area contributed by atoms with E-state index in [1.165, 1.54) is 36.3 Å². The van der Waals surface area contributed by atoms with Crippen LogP contribution < -0.4 is 16.0 Å². The van der Waals surface area contributed by atoms with Crippen molar-refractivity contribution in [3.05, 3.63) is 117 Å². The Labute approximate surface area is 286 Å². The number of amides is 3. The zero-order valence-electron chi connectivity index (χ0n) is 26.1. The molecule has 47 heavy (non-hydrogen) atoms. The van der Waals surface area contributed by atoms with Crippen LogP contribution in [-0.4, -0.2) is 36.1 Å². The van der Waals surface area contributed by atoms with E-state index in [4.69, 9.17) is 16.3 Å². The minimum absolute atomic E-state index is 0.00667. The molecular formula is C36H34ClN3O5S2. The predicted octanol–water partition coefficient (Wildman–Crippen LogP) is 7.84. The summed E-state index contributed by atoms with van der Waals surface area (Å²) in [5, 5.41) is 8.95. The summed E-state index contributed by atoms with van der Waals surface area (Å²) in [6.07, 6.45) is 4.15. The lowest BCUT2D eigenvalue weighted by Gasteiger charge is -2.18. The highest BCUT2D eigenvalue weighted by atomic mass is 35.5. The summed E-state index contributed by atoms with van der Waals surface area (Å²) >= 11 is 9.11. The Morgan fingerprint density at radius 3 is 2.49 bits per heavy atom. The molecular weight excluding hydrogens is 654 g/mol. The summed E-state index contributed by atoms with van der Waals surface area (Å²) in [6.45, 7) is 3.97. The SMILES string of the molecule is COC(=O)c1c(NC(=O)C(C)Sc2cccc(NC(=O)/C(=C\c3ccccc3Cl)NC(=O)c3ccccc3)c2)sc2c1CCC(C)C2. The van der Waals surface area contributed by atoms with Gasteiger partial charge < -0.3 is 20.7 Å². The lowest BCUT2D eigenvalue weighted by molar-refractivity contribution is -0.115. The molecule has 0 spiro atoms. The topological polar surface area (TPSA) is 114 Å². The average Bonchev–Trinajstić information content (AvgIpc) is 3.42. The van der Waals surface area contributed by atoms with Crippen molar-refractivity contribution in [3.8, 4) is 0 Å². The lowest BCUT2D eigenvalue weighted by atomic mass is 9.88. The third-order valence-corrected chi connectivity index (χ3v) is 10.3. The number of thioether (sulfide) groups is 1. The van der Waals surface area contributed by atoms with E-state index < -0.39 is 23.0 Å². The van der Waals surface area contributed by atoms with Crippen LogP contribution in [0.3, 0.4) is 0 Å². The summed E-state index contributed by atoms with van der Waals surface area (Å²) in [6, 6.07) is 22.7. The van der Waals surface area contributed by atoms with Crippen LogP contribution in [0.25, 0.3) is 6.08 Å². The molecule has 3 aromatic carbocycles. The van der Waals surface area contributed by atoms with E-state index in [-0.39, 0.29) is 11.6 Å². The molecule has 0 bridgehead atoms. The van der Waals surface area contributed by atoms with Crippen molar-refractivity contribution >= 4 is 75.2 Å². The first-order valence-electron chi connectivity index (χ1n) is 15.1. The van der Waals surface area contributed by atoms with Crippen LogP contribution >= 0.6 is 34.7 Å². The minimum atomic E-state index is -0.548. The molecule has 242 valence electrons. The number of hydrogen-bond donors (Lipinski definition) is 3. The van der Waals surface area contributed by atoms with E-state index in [0.29, 0.717) is 38.3 Å². The monoisotopic (exact) mass is 687 g/mol. The smallest absolute Gasteiger partial charge is 0.341 e. The van der Waals surface area contributed by atoms with Crippen LogP contribution in [0.5, 0.6) is 0 Å². The van der Waals surface area contributed by atoms with Gasteiger partial charge >= 0.3 is 5.97 Å². The summed E-state index contributed by atoms with van der Waals surface area (Å²) < 4.78 is 5.05. The van der Waals surface area contributed by atoms with Gasteiger partial charge in [0.15, 0.2) is 0 Å². The number of rotatable bonds is 10. The highest BCUT2D eigenvalue weighted by Gasteiger charge is 2.30. The third kappa shape index (κ3) is 8.51. The number of thiophene rings is 1. The lowest BCUT2D eigenvalue weighted by Crippen LogP contribution is -2.30. The second kappa shape index (κ2) is 15.5. The zero-order valence-corrected chi connectivity index (χ0v) is 28.5. The van der Waals surface area contributed by atoms with Gasteiger partial charge in [0, 0.05) is 26.0 Å². The molecule has 1 heterocycles. The van der Waals surface area contributed by atoms with Gasteiger partial charge in [0.25, 0.3) is 11.8 Å². The van der Waals surface area contributed by atoms with E-state index in [9.17, 15) is 19.2 Å². The van der Waals surface area contributed by atoms with Crippen molar-refractivity contribution < 1.29 is 23.9 Å². The Kier molecular flexibility index (Phi) is 11.2. The van der Waals surface area contributed by atoms with Gasteiger partial charge in [-0.05, 0) is 85.7 Å². The second-order valence-electron chi connectivity index (χ2n) is 11.2. The number of carbonyl (C=O) groups excluding carboxylic acids is 4. The van der Waals surface area contributed by atoms with Gasteiger partial charge in [-0.2, -0.15) is 0 Å². The number of fused-ring (bicyclic) bond motifs is 1. The Morgan fingerprint density at radius 1 is 1.00 bits per heavy atom. The Bertz CT molecular complexity index is 1840. The van der Waals surface area contributed by atoms with Gasteiger partial charge in [-0.15, -0.1) is 23.1 Å². The summed E-state index contributed by atoms with van der Waals surface area (Å²) in [5.41, 5.74) is 2.86. The van der Waals surface area contributed by atoms with E-state index in [1.54, 1.807) is 79.7 Å². The van der Waals surface area contributed by atoms with Crippen molar-refractivity contribution in [2.45, 2.75) is 43.3 Å². The number of carbonyl (C=O) groups is 4. The summed E-state index contributed by atoms with van der Waals surface area (Å²) in [4.78, 5) is 54.3. The number of anilines is 2. The van der Waals surface area contributed by atoms with Crippen molar-refractivity contribution in [3.63, 3.8) is 0 Å². The maximum absolute atomic E-state index is 13.5. The summed E-state index contributed by atoms with van der Waals surface area (Å²) in [5.74, 6) is -1.18. The van der Waals surface area contributed by atoms with Crippen LogP contribution in [-0.2, 0) is 27.2 Å². The van der Waals surface area contributed by atoms with Crippen LogP contribution in [0.4, 0.5) is 10.7 Å². The van der Waals surface area contributed by atoms with Gasteiger partial charge in [-0.3, -0.25) is 14.4 Å². The quantitative estimate of drug-likeness (QED) is 0.0890.